The summed E-state index contributed by atoms with van der Waals surface area (Å²) >= 11 is 0. The van der Waals surface area contributed by atoms with Gasteiger partial charge in [-0.25, -0.2) is 0 Å². The molecule has 0 fully saturated rings. The van der Waals surface area contributed by atoms with E-state index in [1.54, 1.807) is 24.0 Å². The molecule has 5 nitrogen and oxygen atoms in total. The van der Waals surface area contributed by atoms with Gasteiger partial charge in [0.15, 0.2) is 0 Å². The molecule has 0 aliphatic heterocycles. The molecule has 0 radical (unpaired) electrons. The summed E-state index contributed by atoms with van der Waals surface area (Å²) in [6.45, 7) is 3.02. The maximum atomic E-state index is 11.1. The van der Waals surface area contributed by atoms with Crippen LogP contribution < -0.4 is 5.73 Å². The third-order valence-electron chi connectivity index (χ3n) is 1.82. The van der Waals surface area contributed by atoms with Crippen LogP contribution in [0.2, 0.25) is 0 Å². The highest BCUT2D eigenvalue weighted by atomic mass is 16.5. The van der Waals surface area contributed by atoms with Crippen LogP contribution in [-0.2, 0) is 16.1 Å². The van der Waals surface area contributed by atoms with Gasteiger partial charge in [0.1, 0.15) is 0 Å². The first-order valence-corrected chi connectivity index (χ1v) is 5.13. The lowest BCUT2D eigenvalue weighted by Gasteiger charge is -2.01. The van der Waals surface area contributed by atoms with Crippen molar-refractivity contribution >= 4 is 5.97 Å². The molecule has 5 heteroatoms. The monoisotopic (exact) mass is 221 g/mol. The number of nitrogens with zero attached hydrogens (tertiary/aromatic N) is 2. The number of aromatic nitrogens is 2. The minimum absolute atomic E-state index is 0.215. The average Bonchev–Trinajstić information content (AvgIpc) is 2.72. The van der Waals surface area contributed by atoms with Crippen LogP contribution in [0, 0.1) is 11.8 Å². The number of hydrogen-bond acceptors (Lipinski definition) is 4. The van der Waals surface area contributed by atoms with Gasteiger partial charge < -0.3 is 10.5 Å². The molecule has 0 aliphatic rings. The quantitative estimate of drug-likeness (QED) is 0.580. The summed E-state index contributed by atoms with van der Waals surface area (Å²) < 4.78 is 6.47. The zero-order chi connectivity index (χ0) is 11.8. The van der Waals surface area contributed by atoms with E-state index < -0.39 is 0 Å². The van der Waals surface area contributed by atoms with E-state index >= 15 is 0 Å². The van der Waals surface area contributed by atoms with Gasteiger partial charge in [0.25, 0.3) is 0 Å². The molecule has 0 amide bonds. The van der Waals surface area contributed by atoms with Crippen LogP contribution in [0.3, 0.4) is 0 Å². The van der Waals surface area contributed by atoms with Crippen LogP contribution in [-0.4, -0.2) is 28.9 Å². The van der Waals surface area contributed by atoms with E-state index in [0.29, 0.717) is 26.1 Å². The van der Waals surface area contributed by atoms with E-state index in [1.807, 2.05) is 0 Å². The van der Waals surface area contributed by atoms with Crippen molar-refractivity contribution < 1.29 is 9.53 Å². The van der Waals surface area contributed by atoms with Crippen LogP contribution in [0.25, 0.3) is 0 Å². The predicted octanol–water partition coefficient (Wildman–Crippen LogP) is 0.146. The van der Waals surface area contributed by atoms with Crippen molar-refractivity contribution in [1.82, 2.24) is 9.78 Å². The largest absolute Gasteiger partial charge is 0.466 e. The molecule has 1 rings (SSSR count). The summed E-state index contributed by atoms with van der Waals surface area (Å²) in [7, 11) is 0. The molecule has 86 valence electrons. The number of aryl methyl sites for hydroxylation is 1. The van der Waals surface area contributed by atoms with Crippen molar-refractivity contribution in [2.45, 2.75) is 19.9 Å². The summed E-state index contributed by atoms with van der Waals surface area (Å²) in [6.07, 6.45) is 3.75. The Bertz CT molecular complexity index is 401. The molecule has 1 heterocycles. The molecule has 0 aromatic carbocycles. The van der Waals surface area contributed by atoms with Crippen molar-refractivity contribution in [3.63, 3.8) is 0 Å². The number of carbonyl (C=O) groups excluding carboxylic acids is 1. The van der Waals surface area contributed by atoms with E-state index in [-0.39, 0.29) is 5.97 Å². The molecule has 0 saturated heterocycles. The van der Waals surface area contributed by atoms with Crippen LogP contribution in [0.5, 0.6) is 0 Å². The molecule has 0 saturated carbocycles. The van der Waals surface area contributed by atoms with Crippen molar-refractivity contribution in [3.05, 3.63) is 18.0 Å². The smallest absolute Gasteiger partial charge is 0.307 e. The second-order valence-corrected chi connectivity index (χ2v) is 3.05. The molecular weight excluding hydrogens is 206 g/mol. The van der Waals surface area contributed by atoms with Gasteiger partial charge in [-0.15, -0.1) is 0 Å². The lowest BCUT2D eigenvalue weighted by atomic mass is 10.3. The van der Waals surface area contributed by atoms with E-state index in [0.717, 1.165) is 5.56 Å². The number of esters is 1. The van der Waals surface area contributed by atoms with Gasteiger partial charge in [-0.2, -0.15) is 5.10 Å². The summed E-state index contributed by atoms with van der Waals surface area (Å²) in [6, 6.07) is 0. The Morgan fingerprint density at radius 1 is 1.69 bits per heavy atom. The fourth-order valence-corrected chi connectivity index (χ4v) is 1.14. The maximum Gasteiger partial charge on any atom is 0.307 e. The van der Waals surface area contributed by atoms with Crippen LogP contribution in [0.1, 0.15) is 18.9 Å². The summed E-state index contributed by atoms with van der Waals surface area (Å²) in [5.74, 6) is 5.38. The first-order chi connectivity index (χ1) is 7.76. The van der Waals surface area contributed by atoms with Crippen LogP contribution in [0.15, 0.2) is 12.4 Å². The number of hydrogen-bond donors (Lipinski definition) is 1. The standard InChI is InChI=1S/C11H15N3O2/c1-2-16-11(15)5-7-14-9-10(8-13-14)4-3-6-12/h8-9H,2,5-7,12H2,1H3. The molecular formula is C11H15N3O2. The lowest BCUT2D eigenvalue weighted by molar-refractivity contribution is -0.143. The summed E-state index contributed by atoms with van der Waals surface area (Å²) in [4.78, 5) is 11.1. The van der Waals surface area contributed by atoms with Gasteiger partial charge in [0.05, 0.1) is 37.9 Å². The normalized spacial score (nSPS) is 9.38. The Balaban J connectivity index is 2.43. The molecule has 16 heavy (non-hydrogen) atoms. The molecule has 1 aromatic heterocycles. The molecule has 0 unspecified atom stereocenters. The van der Waals surface area contributed by atoms with Crippen LogP contribution >= 0.6 is 0 Å². The second-order valence-electron chi connectivity index (χ2n) is 3.05. The molecule has 0 atom stereocenters. The van der Waals surface area contributed by atoms with E-state index in [2.05, 4.69) is 16.9 Å². The minimum Gasteiger partial charge on any atom is -0.466 e. The summed E-state index contributed by atoms with van der Waals surface area (Å²) in [5, 5.41) is 4.07. The third-order valence-corrected chi connectivity index (χ3v) is 1.82. The van der Waals surface area contributed by atoms with Gasteiger partial charge in [0.2, 0.25) is 0 Å². The highest BCUT2D eigenvalue weighted by Crippen LogP contribution is 1.97. The Morgan fingerprint density at radius 2 is 2.50 bits per heavy atom. The van der Waals surface area contributed by atoms with E-state index in [9.17, 15) is 4.79 Å². The van der Waals surface area contributed by atoms with Gasteiger partial charge >= 0.3 is 5.97 Å². The van der Waals surface area contributed by atoms with Crippen molar-refractivity contribution in [2.24, 2.45) is 5.73 Å². The Hall–Kier alpha value is -1.80. The first-order valence-electron chi connectivity index (χ1n) is 5.13. The lowest BCUT2D eigenvalue weighted by Crippen LogP contribution is -2.09. The average molecular weight is 221 g/mol. The highest BCUT2D eigenvalue weighted by molar-refractivity contribution is 5.69. The molecule has 0 aliphatic carbocycles. The van der Waals surface area contributed by atoms with Gasteiger partial charge in [-0.05, 0) is 6.92 Å². The fraction of sp³-hybridized carbons (Fsp3) is 0.455. The van der Waals surface area contributed by atoms with Gasteiger partial charge in [-0.3, -0.25) is 9.48 Å². The zero-order valence-electron chi connectivity index (χ0n) is 9.27. The number of carbonyl (C=O) groups is 1. The first kappa shape index (κ1) is 12.3. The molecule has 2 N–H and O–H groups in total. The SMILES string of the molecule is CCOC(=O)CCn1cc(C#CCN)cn1. The van der Waals surface area contributed by atoms with Crippen molar-refractivity contribution in [2.75, 3.05) is 13.2 Å². The molecule has 0 spiro atoms. The molecule has 0 bridgehead atoms. The number of rotatable bonds is 4. The Labute approximate surface area is 94.6 Å². The van der Waals surface area contributed by atoms with E-state index in [4.69, 9.17) is 10.5 Å². The third kappa shape index (κ3) is 4.15. The van der Waals surface area contributed by atoms with Crippen LogP contribution in [0.4, 0.5) is 0 Å². The number of ether oxygens (including phenoxy) is 1. The predicted molar refractivity (Wildman–Crippen MR) is 59.4 cm³/mol. The van der Waals surface area contributed by atoms with Gasteiger partial charge in [-0.1, -0.05) is 11.8 Å². The fourth-order valence-electron chi connectivity index (χ4n) is 1.14. The summed E-state index contributed by atoms with van der Waals surface area (Å²) in [5.41, 5.74) is 6.05. The highest BCUT2D eigenvalue weighted by Gasteiger charge is 2.02. The second kappa shape index (κ2) is 6.64. The van der Waals surface area contributed by atoms with Gasteiger partial charge in [0, 0.05) is 6.20 Å². The Morgan fingerprint density at radius 3 is 3.19 bits per heavy atom. The van der Waals surface area contributed by atoms with Crippen molar-refractivity contribution in [1.29, 1.82) is 0 Å². The Kier molecular flexibility index (Phi) is 5.09. The minimum atomic E-state index is -0.215. The maximum absolute atomic E-state index is 11.1. The van der Waals surface area contributed by atoms with E-state index in [1.165, 1.54) is 0 Å². The zero-order valence-corrected chi connectivity index (χ0v) is 9.27. The topological polar surface area (TPSA) is 70.1 Å². The number of nitrogens with two attached hydrogens (primary N) is 1. The molecule has 1 aromatic rings. The van der Waals surface area contributed by atoms with Crippen molar-refractivity contribution in [3.8, 4) is 11.8 Å².